The fourth-order valence-corrected chi connectivity index (χ4v) is 2.35. The Balaban J connectivity index is 2.23. The van der Waals surface area contributed by atoms with E-state index in [4.69, 9.17) is 26.2 Å². The van der Waals surface area contributed by atoms with Crippen molar-refractivity contribution >= 4 is 23.6 Å². The Kier molecular flexibility index (Phi) is 5.97. The van der Waals surface area contributed by atoms with Crippen LogP contribution in [0.25, 0.3) is 6.08 Å². The Bertz CT molecular complexity index is 834. The maximum atomic E-state index is 11.0. The topological polar surface area (TPSA) is 98.9 Å². The van der Waals surface area contributed by atoms with Gasteiger partial charge in [-0.2, -0.15) is 0 Å². The maximum absolute atomic E-state index is 11.0. The monoisotopic (exact) mass is 363 g/mol. The molecular formula is C17H14ClNO6. The number of carboxylic acid groups (broad SMARTS) is 1. The Hall–Kier alpha value is -3.06. The number of ether oxygens (including phenoxy) is 2. The molecule has 0 fully saturated rings. The quantitative estimate of drug-likeness (QED) is 0.592. The second-order valence-corrected chi connectivity index (χ2v) is 5.34. The summed E-state index contributed by atoms with van der Waals surface area (Å²) in [5.74, 6) is -0.451. The van der Waals surface area contributed by atoms with Crippen molar-refractivity contribution in [2.45, 2.75) is 6.61 Å². The number of carbonyl (C=O) groups is 1. The minimum absolute atomic E-state index is 0.0846. The smallest absolute Gasteiger partial charge is 0.335 e. The first-order valence-corrected chi connectivity index (χ1v) is 7.42. The highest BCUT2D eigenvalue weighted by Gasteiger charge is 2.12. The SMILES string of the molecule is COc1cc(/C=C/[N+](=O)[O-])cc(Cl)c1OCc1cccc(C(=O)O)c1. The molecule has 2 rings (SSSR count). The van der Waals surface area contributed by atoms with Crippen LogP contribution in [-0.2, 0) is 6.61 Å². The molecule has 0 aliphatic rings. The van der Waals surface area contributed by atoms with Gasteiger partial charge in [-0.1, -0.05) is 23.7 Å². The summed E-state index contributed by atoms with van der Waals surface area (Å²) in [5, 5.41) is 19.6. The number of rotatable bonds is 7. The zero-order chi connectivity index (χ0) is 18.4. The first kappa shape index (κ1) is 18.3. The third kappa shape index (κ3) is 4.95. The van der Waals surface area contributed by atoms with Crippen molar-refractivity contribution in [2.75, 3.05) is 7.11 Å². The summed E-state index contributed by atoms with van der Waals surface area (Å²) in [6.07, 6.45) is 2.08. The molecule has 0 amide bonds. The van der Waals surface area contributed by atoms with Crippen LogP contribution in [0.15, 0.2) is 42.6 Å². The average Bonchev–Trinajstić information content (AvgIpc) is 2.58. The van der Waals surface area contributed by atoms with Gasteiger partial charge in [0.25, 0.3) is 0 Å². The van der Waals surface area contributed by atoms with Gasteiger partial charge < -0.3 is 14.6 Å². The number of aromatic carboxylic acids is 1. The normalized spacial score (nSPS) is 10.6. The average molecular weight is 364 g/mol. The van der Waals surface area contributed by atoms with Gasteiger partial charge in [-0.15, -0.1) is 0 Å². The molecule has 0 spiro atoms. The lowest BCUT2D eigenvalue weighted by atomic mass is 10.1. The van der Waals surface area contributed by atoms with Crippen molar-refractivity contribution in [3.8, 4) is 11.5 Å². The highest BCUT2D eigenvalue weighted by molar-refractivity contribution is 6.32. The number of benzene rings is 2. The van der Waals surface area contributed by atoms with E-state index in [9.17, 15) is 14.9 Å². The van der Waals surface area contributed by atoms with Gasteiger partial charge in [-0.25, -0.2) is 4.79 Å². The van der Waals surface area contributed by atoms with Gasteiger partial charge in [0, 0.05) is 6.08 Å². The molecule has 0 unspecified atom stereocenters. The van der Waals surface area contributed by atoms with Gasteiger partial charge >= 0.3 is 5.97 Å². The first-order valence-electron chi connectivity index (χ1n) is 7.05. The summed E-state index contributed by atoms with van der Waals surface area (Å²) < 4.78 is 10.9. The Morgan fingerprint density at radius 1 is 1.36 bits per heavy atom. The molecule has 0 atom stereocenters. The third-order valence-electron chi connectivity index (χ3n) is 3.20. The van der Waals surface area contributed by atoms with Crippen molar-refractivity contribution in [1.29, 1.82) is 0 Å². The van der Waals surface area contributed by atoms with E-state index in [1.807, 2.05) is 0 Å². The highest BCUT2D eigenvalue weighted by atomic mass is 35.5. The summed E-state index contributed by atoms with van der Waals surface area (Å²) in [6.45, 7) is 0.0846. The van der Waals surface area contributed by atoms with Gasteiger partial charge in [0.05, 0.1) is 22.6 Å². The van der Waals surface area contributed by atoms with E-state index in [0.717, 1.165) is 6.20 Å². The summed E-state index contributed by atoms with van der Waals surface area (Å²) in [5.41, 5.74) is 1.29. The standard InChI is InChI=1S/C17H14ClNO6/c1-24-15-9-11(5-6-19(22)23)8-14(18)16(15)25-10-12-3-2-4-13(7-12)17(20)21/h2-9H,10H2,1H3,(H,20,21)/b6-5+. The Morgan fingerprint density at radius 2 is 2.12 bits per heavy atom. The van der Waals surface area contributed by atoms with Crippen LogP contribution in [-0.4, -0.2) is 23.1 Å². The van der Waals surface area contributed by atoms with E-state index in [2.05, 4.69) is 0 Å². The van der Waals surface area contributed by atoms with Crippen LogP contribution in [0.4, 0.5) is 0 Å². The van der Waals surface area contributed by atoms with Gasteiger partial charge in [0.2, 0.25) is 6.20 Å². The number of halogens is 1. The van der Waals surface area contributed by atoms with Gasteiger partial charge in [-0.3, -0.25) is 10.1 Å². The maximum Gasteiger partial charge on any atom is 0.335 e. The van der Waals surface area contributed by atoms with E-state index in [0.29, 0.717) is 16.9 Å². The molecule has 7 nitrogen and oxygen atoms in total. The second kappa shape index (κ2) is 8.16. The highest BCUT2D eigenvalue weighted by Crippen LogP contribution is 2.37. The molecule has 2 aromatic rings. The van der Waals surface area contributed by atoms with Crippen LogP contribution >= 0.6 is 11.6 Å². The number of methoxy groups -OCH3 is 1. The van der Waals surface area contributed by atoms with Crippen LogP contribution in [0.2, 0.25) is 5.02 Å². The number of nitrogens with zero attached hydrogens (tertiary/aromatic N) is 1. The minimum Gasteiger partial charge on any atom is -0.493 e. The van der Waals surface area contributed by atoms with Crippen molar-refractivity contribution < 1.29 is 24.3 Å². The van der Waals surface area contributed by atoms with E-state index < -0.39 is 10.9 Å². The van der Waals surface area contributed by atoms with Crippen molar-refractivity contribution in [1.82, 2.24) is 0 Å². The molecule has 0 bridgehead atoms. The van der Waals surface area contributed by atoms with Crippen LogP contribution in [0.5, 0.6) is 11.5 Å². The molecule has 0 aliphatic carbocycles. The number of hydrogen-bond donors (Lipinski definition) is 1. The van der Waals surface area contributed by atoms with E-state index in [1.165, 1.54) is 31.4 Å². The van der Waals surface area contributed by atoms with E-state index in [-0.39, 0.29) is 22.9 Å². The summed E-state index contributed by atoms with van der Waals surface area (Å²) in [6, 6.07) is 9.38. The Morgan fingerprint density at radius 3 is 2.76 bits per heavy atom. The lowest BCUT2D eigenvalue weighted by molar-refractivity contribution is -0.400. The molecule has 0 aromatic heterocycles. The molecular weight excluding hydrogens is 350 g/mol. The zero-order valence-electron chi connectivity index (χ0n) is 13.1. The largest absolute Gasteiger partial charge is 0.493 e. The summed E-state index contributed by atoms with van der Waals surface area (Å²) >= 11 is 6.17. The van der Waals surface area contributed by atoms with Crippen molar-refractivity contribution in [2.24, 2.45) is 0 Å². The lowest BCUT2D eigenvalue weighted by Crippen LogP contribution is -2.01. The van der Waals surface area contributed by atoms with E-state index >= 15 is 0 Å². The molecule has 0 radical (unpaired) electrons. The van der Waals surface area contributed by atoms with Crippen LogP contribution in [0, 0.1) is 10.1 Å². The van der Waals surface area contributed by atoms with Crippen molar-refractivity contribution in [3.63, 3.8) is 0 Å². The molecule has 2 aromatic carbocycles. The molecule has 0 aliphatic heterocycles. The molecule has 8 heteroatoms. The van der Waals surface area contributed by atoms with Crippen molar-refractivity contribution in [3.05, 3.63) is 74.4 Å². The predicted octanol–water partition coefficient (Wildman–Crippen LogP) is 3.87. The van der Waals surface area contributed by atoms with Crippen LogP contribution in [0.1, 0.15) is 21.5 Å². The third-order valence-corrected chi connectivity index (χ3v) is 3.48. The fourth-order valence-electron chi connectivity index (χ4n) is 2.07. The minimum atomic E-state index is -1.03. The summed E-state index contributed by atoms with van der Waals surface area (Å²) in [7, 11) is 1.42. The fraction of sp³-hybridized carbons (Fsp3) is 0.118. The number of carboxylic acids is 1. The predicted molar refractivity (Wildman–Crippen MR) is 91.8 cm³/mol. The van der Waals surface area contributed by atoms with Gasteiger partial charge in [-0.05, 0) is 35.4 Å². The van der Waals surface area contributed by atoms with Crippen LogP contribution < -0.4 is 9.47 Å². The number of nitro groups is 1. The second-order valence-electron chi connectivity index (χ2n) is 4.93. The lowest BCUT2D eigenvalue weighted by Gasteiger charge is -2.13. The Labute approximate surface area is 148 Å². The molecule has 130 valence electrons. The molecule has 0 saturated heterocycles. The zero-order valence-corrected chi connectivity index (χ0v) is 13.9. The van der Waals surface area contributed by atoms with Crippen LogP contribution in [0.3, 0.4) is 0 Å². The van der Waals surface area contributed by atoms with E-state index in [1.54, 1.807) is 18.2 Å². The van der Waals surface area contributed by atoms with Gasteiger partial charge in [0.1, 0.15) is 6.61 Å². The molecule has 0 heterocycles. The molecule has 0 saturated carbocycles. The number of hydrogen-bond acceptors (Lipinski definition) is 5. The van der Waals surface area contributed by atoms with Gasteiger partial charge in [0.15, 0.2) is 11.5 Å². The molecule has 1 N–H and O–H groups in total. The summed E-state index contributed by atoms with van der Waals surface area (Å²) in [4.78, 5) is 20.8. The first-order chi connectivity index (χ1) is 11.9. The molecule has 25 heavy (non-hydrogen) atoms.